The fourth-order valence-corrected chi connectivity index (χ4v) is 3.57. The zero-order chi connectivity index (χ0) is 19.0. The molecule has 0 spiro atoms. The predicted molar refractivity (Wildman–Crippen MR) is 123 cm³/mol. The van der Waals surface area contributed by atoms with Crippen LogP contribution in [0, 0.1) is 5.82 Å². The molecule has 2 N–H and O–H groups in total. The highest BCUT2D eigenvalue weighted by Gasteiger charge is 2.44. The van der Waals surface area contributed by atoms with Gasteiger partial charge in [0.05, 0.1) is 19.8 Å². The van der Waals surface area contributed by atoms with Gasteiger partial charge in [-0.05, 0) is 56.8 Å². The number of benzene rings is 1. The Morgan fingerprint density at radius 1 is 1.21 bits per heavy atom. The summed E-state index contributed by atoms with van der Waals surface area (Å²) < 4.78 is 18.9. The van der Waals surface area contributed by atoms with Gasteiger partial charge in [0.15, 0.2) is 5.96 Å². The number of rotatable bonds is 9. The lowest BCUT2D eigenvalue weighted by Gasteiger charge is -2.26. The molecule has 1 heterocycles. The van der Waals surface area contributed by atoms with Crippen molar-refractivity contribution in [3.63, 3.8) is 0 Å². The molecule has 158 valence electrons. The van der Waals surface area contributed by atoms with Gasteiger partial charge in [0.2, 0.25) is 0 Å². The molecule has 1 aromatic carbocycles. The van der Waals surface area contributed by atoms with Crippen molar-refractivity contribution in [2.75, 3.05) is 52.5 Å². The van der Waals surface area contributed by atoms with Crippen molar-refractivity contribution in [3.8, 4) is 0 Å². The van der Waals surface area contributed by atoms with Crippen molar-refractivity contribution in [2.45, 2.75) is 38.0 Å². The Kier molecular flexibility index (Phi) is 9.94. The SMILES string of the molecule is CCNC(=NCC1(c2cccc(F)c2)CC1)NCCCCN1CCOCC1.I. The molecule has 2 fully saturated rings. The van der Waals surface area contributed by atoms with Crippen LogP contribution in [0.5, 0.6) is 0 Å². The lowest BCUT2D eigenvalue weighted by atomic mass is 9.96. The standard InChI is InChI=1S/C21H33FN4O.HI/c1-2-23-20(24-10-3-4-11-26-12-14-27-15-13-26)25-17-21(8-9-21)18-6-5-7-19(22)16-18;/h5-7,16H,2-4,8-15,17H2,1H3,(H2,23,24,25);1H. The Morgan fingerprint density at radius 3 is 2.68 bits per heavy atom. The Labute approximate surface area is 185 Å². The molecule has 1 aliphatic carbocycles. The molecule has 1 saturated heterocycles. The van der Waals surface area contributed by atoms with E-state index in [0.717, 1.165) is 76.7 Å². The second-order valence-electron chi connectivity index (χ2n) is 7.57. The highest BCUT2D eigenvalue weighted by Crippen LogP contribution is 2.48. The van der Waals surface area contributed by atoms with E-state index in [1.165, 1.54) is 12.5 Å². The van der Waals surface area contributed by atoms with Gasteiger partial charge in [-0.1, -0.05) is 12.1 Å². The number of hydrogen-bond acceptors (Lipinski definition) is 3. The maximum atomic E-state index is 13.5. The van der Waals surface area contributed by atoms with E-state index in [0.29, 0.717) is 6.54 Å². The van der Waals surface area contributed by atoms with Crippen molar-refractivity contribution in [1.29, 1.82) is 0 Å². The van der Waals surface area contributed by atoms with Crippen LogP contribution in [0.2, 0.25) is 0 Å². The first-order chi connectivity index (χ1) is 13.2. The molecule has 5 nitrogen and oxygen atoms in total. The maximum absolute atomic E-state index is 13.5. The van der Waals surface area contributed by atoms with E-state index >= 15 is 0 Å². The molecule has 0 unspecified atom stereocenters. The van der Waals surface area contributed by atoms with Crippen LogP contribution in [-0.2, 0) is 10.2 Å². The summed E-state index contributed by atoms with van der Waals surface area (Å²) in [5.41, 5.74) is 1.11. The Bertz CT molecular complexity index is 618. The van der Waals surface area contributed by atoms with E-state index in [-0.39, 0.29) is 35.2 Å². The monoisotopic (exact) mass is 504 g/mol. The minimum atomic E-state index is -0.159. The first-order valence-corrected chi connectivity index (χ1v) is 10.3. The summed E-state index contributed by atoms with van der Waals surface area (Å²) in [5, 5.41) is 6.77. The zero-order valence-corrected chi connectivity index (χ0v) is 19.2. The topological polar surface area (TPSA) is 48.9 Å². The first kappa shape index (κ1) is 23.3. The number of morpholine rings is 1. The third-order valence-corrected chi connectivity index (χ3v) is 5.47. The molecule has 1 saturated carbocycles. The molecule has 2 aliphatic rings. The van der Waals surface area contributed by atoms with E-state index in [4.69, 9.17) is 9.73 Å². The van der Waals surface area contributed by atoms with Crippen molar-refractivity contribution in [1.82, 2.24) is 15.5 Å². The third-order valence-electron chi connectivity index (χ3n) is 5.47. The number of ether oxygens (including phenoxy) is 1. The average molecular weight is 504 g/mol. The summed E-state index contributed by atoms with van der Waals surface area (Å²) in [6.45, 7) is 9.52. The summed E-state index contributed by atoms with van der Waals surface area (Å²) >= 11 is 0. The number of aliphatic imine (C=N–C) groups is 1. The molecule has 0 radical (unpaired) electrons. The van der Waals surface area contributed by atoms with Gasteiger partial charge in [-0.25, -0.2) is 4.39 Å². The molecule has 7 heteroatoms. The largest absolute Gasteiger partial charge is 0.379 e. The van der Waals surface area contributed by atoms with Crippen LogP contribution in [0.4, 0.5) is 4.39 Å². The van der Waals surface area contributed by atoms with Crippen LogP contribution in [-0.4, -0.2) is 63.3 Å². The fourth-order valence-electron chi connectivity index (χ4n) is 3.57. The summed E-state index contributed by atoms with van der Waals surface area (Å²) in [5.74, 6) is 0.708. The van der Waals surface area contributed by atoms with Crippen LogP contribution >= 0.6 is 24.0 Å². The normalized spacial score (nSPS) is 19.0. The molecule has 3 rings (SSSR count). The second kappa shape index (κ2) is 11.9. The summed E-state index contributed by atoms with van der Waals surface area (Å²) in [6.07, 6.45) is 4.47. The van der Waals surface area contributed by atoms with Gasteiger partial charge in [0.1, 0.15) is 5.82 Å². The number of nitrogens with zero attached hydrogens (tertiary/aromatic N) is 2. The van der Waals surface area contributed by atoms with Crippen LogP contribution < -0.4 is 10.6 Å². The van der Waals surface area contributed by atoms with Gasteiger partial charge in [-0.15, -0.1) is 24.0 Å². The van der Waals surface area contributed by atoms with E-state index in [1.54, 1.807) is 12.1 Å². The number of hydrogen-bond donors (Lipinski definition) is 2. The summed E-state index contributed by atoms with van der Waals surface area (Å²) in [6, 6.07) is 6.99. The van der Waals surface area contributed by atoms with Gasteiger partial charge >= 0.3 is 0 Å². The number of unbranched alkanes of at least 4 members (excludes halogenated alkanes) is 1. The minimum Gasteiger partial charge on any atom is -0.379 e. The van der Waals surface area contributed by atoms with Gasteiger partial charge in [0.25, 0.3) is 0 Å². The van der Waals surface area contributed by atoms with E-state index in [9.17, 15) is 4.39 Å². The first-order valence-electron chi connectivity index (χ1n) is 10.3. The zero-order valence-electron chi connectivity index (χ0n) is 16.9. The molecule has 0 aromatic heterocycles. The minimum absolute atomic E-state index is 0. The Hall–Kier alpha value is -0.930. The van der Waals surface area contributed by atoms with Crippen LogP contribution in [0.1, 0.15) is 38.2 Å². The molecule has 1 aliphatic heterocycles. The molecule has 0 amide bonds. The van der Waals surface area contributed by atoms with Crippen molar-refractivity contribution < 1.29 is 9.13 Å². The third kappa shape index (κ3) is 7.15. The maximum Gasteiger partial charge on any atom is 0.191 e. The lowest BCUT2D eigenvalue weighted by Crippen LogP contribution is -2.39. The summed E-state index contributed by atoms with van der Waals surface area (Å²) in [7, 11) is 0. The quantitative estimate of drug-likeness (QED) is 0.235. The number of guanidine groups is 1. The Morgan fingerprint density at radius 2 is 2.00 bits per heavy atom. The predicted octanol–water partition coefficient (Wildman–Crippen LogP) is 3.14. The Balaban J connectivity index is 0.00000280. The molecular weight excluding hydrogens is 470 g/mol. The van der Waals surface area contributed by atoms with E-state index in [1.807, 2.05) is 6.07 Å². The molecule has 1 aromatic rings. The highest BCUT2D eigenvalue weighted by atomic mass is 127. The van der Waals surface area contributed by atoms with Gasteiger partial charge in [-0.3, -0.25) is 9.89 Å². The van der Waals surface area contributed by atoms with Crippen molar-refractivity contribution >= 4 is 29.9 Å². The van der Waals surface area contributed by atoms with Gasteiger partial charge in [-0.2, -0.15) is 0 Å². The smallest absolute Gasteiger partial charge is 0.191 e. The average Bonchev–Trinajstić information content (AvgIpc) is 3.48. The molecule has 0 bridgehead atoms. The van der Waals surface area contributed by atoms with Gasteiger partial charge in [0, 0.05) is 31.6 Å². The van der Waals surface area contributed by atoms with Crippen LogP contribution in [0.15, 0.2) is 29.3 Å². The molecule has 0 atom stereocenters. The highest BCUT2D eigenvalue weighted by molar-refractivity contribution is 14.0. The number of halogens is 2. The van der Waals surface area contributed by atoms with E-state index < -0.39 is 0 Å². The molecular formula is C21H34FIN4O. The second-order valence-corrected chi connectivity index (χ2v) is 7.57. The van der Waals surface area contributed by atoms with Crippen molar-refractivity contribution in [2.24, 2.45) is 4.99 Å². The molecule has 28 heavy (non-hydrogen) atoms. The van der Waals surface area contributed by atoms with Crippen LogP contribution in [0.3, 0.4) is 0 Å². The number of nitrogens with one attached hydrogen (secondary N) is 2. The van der Waals surface area contributed by atoms with E-state index in [2.05, 4.69) is 22.5 Å². The van der Waals surface area contributed by atoms with Crippen LogP contribution in [0.25, 0.3) is 0 Å². The van der Waals surface area contributed by atoms with Crippen molar-refractivity contribution in [3.05, 3.63) is 35.6 Å². The summed E-state index contributed by atoms with van der Waals surface area (Å²) in [4.78, 5) is 7.26. The fraction of sp³-hybridized carbons (Fsp3) is 0.667. The lowest BCUT2D eigenvalue weighted by molar-refractivity contribution is 0.0372. The van der Waals surface area contributed by atoms with Gasteiger partial charge < -0.3 is 15.4 Å².